The van der Waals surface area contributed by atoms with E-state index in [0.29, 0.717) is 11.7 Å². The molecule has 0 saturated carbocycles. The van der Waals surface area contributed by atoms with Crippen molar-refractivity contribution >= 4 is 34.6 Å². The first-order valence-electron chi connectivity index (χ1n) is 6.98. The lowest BCUT2D eigenvalue weighted by molar-refractivity contribution is 0.259. The van der Waals surface area contributed by atoms with Crippen LogP contribution in [-0.2, 0) is 0 Å². The van der Waals surface area contributed by atoms with Gasteiger partial charge in [0.25, 0.3) is 0 Å². The molecule has 0 spiro atoms. The number of nitrogens with zero attached hydrogens (tertiary/aromatic N) is 1. The van der Waals surface area contributed by atoms with E-state index in [4.69, 9.17) is 28.2 Å². The summed E-state index contributed by atoms with van der Waals surface area (Å²) in [5.74, 6) is 0.902. The maximum absolute atomic E-state index is 6.11. The van der Waals surface area contributed by atoms with Gasteiger partial charge in [-0.3, -0.25) is 4.90 Å². The zero-order chi connectivity index (χ0) is 16.1. The Hall–Kier alpha value is -1.56. The second-order valence-corrected chi connectivity index (χ2v) is 6.11. The van der Waals surface area contributed by atoms with Crippen molar-refractivity contribution in [1.29, 1.82) is 0 Å². The van der Waals surface area contributed by atoms with Crippen LogP contribution in [0.5, 0.6) is 0 Å². The Labute approximate surface area is 141 Å². The lowest BCUT2D eigenvalue weighted by Crippen LogP contribution is -2.36. The predicted molar refractivity (Wildman–Crippen MR) is 95.5 cm³/mol. The first kappa shape index (κ1) is 16.8. The van der Waals surface area contributed by atoms with Crippen molar-refractivity contribution in [2.75, 3.05) is 26.0 Å². The minimum Gasteiger partial charge on any atom is -0.468 e. The molecule has 1 atom stereocenters. The lowest BCUT2D eigenvalue weighted by atomic mass is 10.2. The number of aryl methyl sites for hydroxylation is 1. The van der Waals surface area contributed by atoms with Crippen molar-refractivity contribution in [1.82, 2.24) is 10.2 Å². The van der Waals surface area contributed by atoms with Crippen LogP contribution in [-0.4, -0.2) is 30.7 Å². The number of benzene rings is 1. The molecule has 2 N–H and O–H groups in total. The molecular weight excluding hydrogens is 318 g/mol. The van der Waals surface area contributed by atoms with Crippen molar-refractivity contribution in [3.05, 3.63) is 52.9 Å². The quantitative estimate of drug-likeness (QED) is 0.811. The van der Waals surface area contributed by atoms with Gasteiger partial charge in [-0.15, -0.1) is 0 Å². The normalized spacial score (nSPS) is 12.2. The highest BCUT2D eigenvalue weighted by Gasteiger charge is 2.17. The first-order valence-corrected chi connectivity index (χ1v) is 7.77. The molecule has 0 aliphatic heterocycles. The smallest absolute Gasteiger partial charge is 0.170 e. The number of thiocarbonyl (C=S) groups is 1. The highest BCUT2D eigenvalue weighted by Crippen LogP contribution is 2.20. The third-order valence-corrected chi connectivity index (χ3v) is 4.03. The van der Waals surface area contributed by atoms with Gasteiger partial charge in [0.1, 0.15) is 5.76 Å². The summed E-state index contributed by atoms with van der Waals surface area (Å²) in [6, 6.07) is 9.72. The summed E-state index contributed by atoms with van der Waals surface area (Å²) in [6.07, 6.45) is 1.68. The summed E-state index contributed by atoms with van der Waals surface area (Å²) in [7, 11) is 4.01. The van der Waals surface area contributed by atoms with Crippen LogP contribution >= 0.6 is 23.8 Å². The van der Waals surface area contributed by atoms with E-state index >= 15 is 0 Å². The highest BCUT2D eigenvalue weighted by atomic mass is 35.5. The molecule has 0 aliphatic rings. The van der Waals surface area contributed by atoms with Crippen LogP contribution in [0.3, 0.4) is 0 Å². The molecule has 2 rings (SSSR count). The molecule has 0 fully saturated rings. The average Bonchev–Trinajstić information content (AvgIpc) is 2.97. The number of hydrogen-bond acceptors (Lipinski definition) is 3. The molecule has 6 heteroatoms. The van der Waals surface area contributed by atoms with E-state index in [9.17, 15) is 0 Å². The molecule has 4 nitrogen and oxygen atoms in total. The Morgan fingerprint density at radius 2 is 2.14 bits per heavy atom. The summed E-state index contributed by atoms with van der Waals surface area (Å²) < 4.78 is 5.47. The molecule has 0 unspecified atom stereocenters. The third-order valence-electron chi connectivity index (χ3n) is 3.38. The molecule has 1 aromatic heterocycles. The van der Waals surface area contributed by atoms with Crippen LogP contribution in [0.2, 0.25) is 5.02 Å². The van der Waals surface area contributed by atoms with E-state index < -0.39 is 0 Å². The minimum absolute atomic E-state index is 0.108. The van der Waals surface area contributed by atoms with Crippen LogP contribution < -0.4 is 10.6 Å². The van der Waals surface area contributed by atoms with Gasteiger partial charge < -0.3 is 15.1 Å². The van der Waals surface area contributed by atoms with Gasteiger partial charge in [-0.05, 0) is 63.1 Å². The zero-order valence-corrected chi connectivity index (χ0v) is 14.5. The van der Waals surface area contributed by atoms with E-state index in [1.807, 2.05) is 51.4 Å². The maximum atomic E-state index is 6.11. The number of likely N-dealkylation sites (N-methyl/N-ethyl adjacent to an activating group) is 1. The summed E-state index contributed by atoms with van der Waals surface area (Å²) in [5, 5.41) is 7.62. The number of rotatable bonds is 5. The molecule has 2 aromatic rings. The summed E-state index contributed by atoms with van der Waals surface area (Å²) >= 11 is 11.4. The number of nitrogens with one attached hydrogen (secondary N) is 2. The van der Waals surface area contributed by atoms with Gasteiger partial charge in [0.2, 0.25) is 0 Å². The predicted octanol–water partition coefficient (Wildman–Crippen LogP) is 3.83. The standard InChI is InChI=1S/C16H20ClN3OS/c1-11-6-7-12(9-13(11)17)19-16(22)18-10-14(20(2)3)15-5-4-8-21-15/h4-9,14H,10H2,1-3H3,(H2,18,19,22)/t14-/m0/s1. The number of furan rings is 1. The minimum atomic E-state index is 0.108. The van der Waals surface area contributed by atoms with Crippen LogP contribution in [0.4, 0.5) is 5.69 Å². The first-order chi connectivity index (χ1) is 10.5. The SMILES string of the molecule is Cc1ccc(NC(=S)NC[C@@H](c2ccco2)N(C)C)cc1Cl. The fraction of sp³-hybridized carbons (Fsp3) is 0.312. The van der Waals surface area contributed by atoms with Gasteiger partial charge >= 0.3 is 0 Å². The van der Waals surface area contributed by atoms with Gasteiger partial charge in [-0.1, -0.05) is 17.7 Å². The summed E-state index contributed by atoms with van der Waals surface area (Å²) in [6.45, 7) is 2.61. The average molecular weight is 338 g/mol. The fourth-order valence-electron chi connectivity index (χ4n) is 2.05. The number of halogens is 1. The second-order valence-electron chi connectivity index (χ2n) is 5.29. The molecule has 22 heavy (non-hydrogen) atoms. The van der Waals surface area contributed by atoms with Crippen molar-refractivity contribution < 1.29 is 4.42 Å². The van der Waals surface area contributed by atoms with Crippen molar-refractivity contribution in [2.24, 2.45) is 0 Å². The van der Waals surface area contributed by atoms with Gasteiger partial charge in [0, 0.05) is 17.3 Å². The van der Waals surface area contributed by atoms with Crippen LogP contribution in [0, 0.1) is 6.92 Å². The largest absolute Gasteiger partial charge is 0.468 e. The molecule has 0 bridgehead atoms. The van der Waals surface area contributed by atoms with Crippen LogP contribution in [0.15, 0.2) is 41.0 Å². The van der Waals surface area contributed by atoms with E-state index in [1.165, 1.54) is 0 Å². The number of anilines is 1. The topological polar surface area (TPSA) is 40.4 Å². The maximum Gasteiger partial charge on any atom is 0.170 e. The van der Waals surface area contributed by atoms with Crippen LogP contribution in [0.25, 0.3) is 0 Å². The molecule has 0 radical (unpaired) electrons. The van der Waals surface area contributed by atoms with E-state index in [-0.39, 0.29) is 6.04 Å². The van der Waals surface area contributed by atoms with Gasteiger partial charge in [0.15, 0.2) is 5.11 Å². The fourth-order valence-corrected chi connectivity index (χ4v) is 2.44. The van der Waals surface area contributed by atoms with Gasteiger partial charge in [-0.25, -0.2) is 0 Å². The third kappa shape index (κ3) is 4.47. The Morgan fingerprint density at radius 3 is 2.73 bits per heavy atom. The number of hydrogen-bond donors (Lipinski definition) is 2. The molecule has 0 aliphatic carbocycles. The van der Waals surface area contributed by atoms with Crippen molar-refractivity contribution in [3.63, 3.8) is 0 Å². The lowest BCUT2D eigenvalue weighted by Gasteiger charge is -2.23. The molecule has 1 heterocycles. The summed E-state index contributed by atoms with van der Waals surface area (Å²) in [4.78, 5) is 2.08. The van der Waals surface area contributed by atoms with Crippen LogP contribution in [0.1, 0.15) is 17.4 Å². The monoisotopic (exact) mass is 337 g/mol. The Balaban J connectivity index is 1.92. The molecule has 0 saturated heterocycles. The molecule has 118 valence electrons. The Bertz CT molecular complexity index is 628. The summed E-state index contributed by atoms with van der Waals surface area (Å²) in [5.41, 5.74) is 1.91. The van der Waals surface area contributed by atoms with Gasteiger partial charge in [0.05, 0.1) is 12.3 Å². The van der Waals surface area contributed by atoms with Crippen molar-refractivity contribution in [3.8, 4) is 0 Å². The molecular formula is C16H20ClN3OS. The Kier molecular flexibility index (Phi) is 5.83. The van der Waals surface area contributed by atoms with Gasteiger partial charge in [-0.2, -0.15) is 0 Å². The van der Waals surface area contributed by atoms with Crippen molar-refractivity contribution in [2.45, 2.75) is 13.0 Å². The van der Waals surface area contributed by atoms with E-state index in [0.717, 1.165) is 22.0 Å². The molecule has 0 amide bonds. The zero-order valence-electron chi connectivity index (χ0n) is 12.9. The van der Waals surface area contributed by atoms with E-state index in [1.54, 1.807) is 6.26 Å². The molecule has 1 aromatic carbocycles. The second kappa shape index (κ2) is 7.63. The highest BCUT2D eigenvalue weighted by molar-refractivity contribution is 7.80. The Morgan fingerprint density at radius 1 is 1.36 bits per heavy atom. The van der Waals surface area contributed by atoms with E-state index in [2.05, 4.69) is 15.5 Å².